The summed E-state index contributed by atoms with van der Waals surface area (Å²) >= 11 is 0. The molecule has 0 atom stereocenters. The van der Waals surface area contributed by atoms with Crippen LogP contribution in [0.1, 0.15) is 5.56 Å². The first-order chi connectivity index (χ1) is 8.74. The number of nitrogens with zero attached hydrogens (tertiary/aromatic N) is 2. The van der Waals surface area contributed by atoms with E-state index in [2.05, 4.69) is 16.4 Å². The number of nitriles is 1. The van der Waals surface area contributed by atoms with Crippen LogP contribution in [0.5, 0.6) is 5.75 Å². The van der Waals surface area contributed by atoms with Gasteiger partial charge in [0.05, 0.1) is 12.7 Å². The number of ether oxygens (including phenoxy) is 1. The van der Waals surface area contributed by atoms with Crippen molar-refractivity contribution >= 4 is 17.2 Å². The van der Waals surface area contributed by atoms with Crippen molar-refractivity contribution in [3.63, 3.8) is 0 Å². The number of methoxy groups -OCH3 is 1. The second kappa shape index (κ2) is 5.06. The van der Waals surface area contributed by atoms with Crippen molar-refractivity contribution in [2.45, 2.75) is 0 Å². The molecule has 0 aliphatic heterocycles. The fourth-order valence-corrected chi connectivity index (χ4v) is 1.57. The highest BCUT2D eigenvalue weighted by molar-refractivity contribution is 5.72. The van der Waals surface area contributed by atoms with Crippen LogP contribution in [-0.2, 0) is 0 Å². The quantitative estimate of drug-likeness (QED) is 0.859. The predicted molar refractivity (Wildman–Crippen MR) is 69.6 cm³/mol. The number of benzene rings is 1. The van der Waals surface area contributed by atoms with E-state index < -0.39 is 0 Å². The number of nitrogens with one attached hydrogen (secondary N) is 1. The SMILES string of the molecule is COc1cccc(C#N)c1Nc1cc(N)ccn1. The lowest BCUT2D eigenvalue weighted by Crippen LogP contribution is -1.99. The van der Waals surface area contributed by atoms with Crippen molar-refractivity contribution in [3.8, 4) is 11.8 Å². The number of rotatable bonds is 3. The maximum Gasteiger partial charge on any atom is 0.143 e. The van der Waals surface area contributed by atoms with Crippen LogP contribution in [0.3, 0.4) is 0 Å². The topological polar surface area (TPSA) is 84.0 Å². The molecule has 1 aromatic heterocycles. The third-order valence-corrected chi connectivity index (χ3v) is 2.40. The zero-order chi connectivity index (χ0) is 13.0. The van der Waals surface area contributed by atoms with Gasteiger partial charge in [0.2, 0.25) is 0 Å². The van der Waals surface area contributed by atoms with Crippen LogP contribution in [0, 0.1) is 11.3 Å². The summed E-state index contributed by atoms with van der Waals surface area (Å²) in [6, 6.07) is 10.7. The number of hydrogen-bond acceptors (Lipinski definition) is 5. The second-order valence-electron chi connectivity index (χ2n) is 3.59. The standard InChI is InChI=1S/C13H12N4O/c1-18-11-4-2-3-9(8-14)13(11)17-12-7-10(15)5-6-16-12/h2-7H,1H3,(H3,15,16,17). The zero-order valence-electron chi connectivity index (χ0n) is 9.84. The number of aromatic nitrogens is 1. The molecule has 3 N–H and O–H groups in total. The van der Waals surface area contributed by atoms with Gasteiger partial charge >= 0.3 is 0 Å². The highest BCUT2D eigenvalue weighted by atomic mass is 16.5. The molecule has 0 saturated heterocycles. The number of pyridine rings is 1. The summed E-state index contributed by atoms with van der Waals surface area (Å²) in [4.78, 5) is 4.13. The molecule has 18 heavy (non-hydrogen) atoms. The summed E-state index contributed by atoms with van der Waals surface area (Å²) < 4.78 is 5.22. The number of para-hydroxylation sites is 1. The summed E-state index contributed by atoms with van der Waals surface area (Å²) in [6.45, 7) is 0. The van der Waals surface area contributed by atoms with Gasteiger partial charge in [-0.3, -0.25) is 0 Å². The first-order valence-corrected chi connectivity index (χ1v) is 5.30. The van der Waals surface area contributed by atoms with Crippen LogP contribution in [0.25, 0.3) is 0 Å². The fraction of sp³-hybridized carbons (Fsp3) is 0.0769. The van der Waals surface area contributed by atoms with Gasteiger partial charge in [0.15, 0.2) is 0 Å². The van der Waals surface area contributed by atoms with Crippen molar-refractivity contribution < 1.29 is 4.74 Å². The molecule has 1 aromatic carbocycles. The lowest BCUT2D eigenvalue weighted by atomic mass is 10.1. The van der Waals surface area contributed by atoms with E-state index in [9.17, 15) is 0 Å². The molecule has 0 unspecified atom stereocenters. The van der Waals surface area contributed by atoms with Crippen LogP contribution in [-0.4, -0.2) is 12.1 Å². The van der Waals surface area contributed by atoms with Gasteiger partial charge in [-0.15, -0.1) is 0 Å². The van der Waals surface area contributed by atoms with Gasteiger partial charge in [0.1, 0.15) is 23.3 Å². The van der Waals surface area contributed by atoms with Gasteiger partial charge in [-0.1, -0.05) is 6.07 Å². The maximum absolute atomic E-state index is 9.08. The Kier molecular flexibility index (Phi) is 3.30. The number of nitrogen functional groups attached to an aromatic ring is 1. The van der Waals surface area contributed by atoms with Gasteiger partial charge in [-0.2, -0.15) is 5.26 Å². The average molecular weight is 240 g/mol. The van der Waals surface area contributed by atoms with E-state index in [1.807, 2.05) is 0 Å². The molecule has 2 aromatic rings. The largest absolute Gasteiger partial charge is 0.495 e. The minimum absolute atomic E-state index is 0.485. The van der Waals surface area contributed by atoms with Gasteiger partial charge in [-0.25, -0.2) is 4.98 Å². The van der Waals surface area contributed by atoms with Crippen LogP contribution in [0.2, 0.25) is 0 Å². The minimum Gasteiger partial charge on any atom is -0.495 e. The van der Waals surface area contributed by atoms with Gasteiger partial charge in [0, 0.05) is 18.0 Å². The first kappa shape index (κ1) is 11.7. The third kappa shape index (κ3) is 2.33. The van der Waals surface area contributed by atoms with E-state index in [-0.39, 0.29) is 0 Å². The molecular weight excluding hydrogens is 228 g/mol. The molecule has 5 heteroatoms. The Morgan fingerprint density at radius 1 is 1.39 bits per heavy atom. The van der Waals surface area contributed by atoms with Crippen molar-refractivity contribution in [2.75, 3.05) is 18.2 Å². The fourth-order valence-electron chi connectivity index (χ4n) is 1.57. The van der Waals surface area contributed by atoms with Gasteiger partial charge < -0.3 is 15.8 Å². The third-order valence-electron chi connectivity index (χ3n) is 2.40. The Balaban J connectivity index is 2.42. The summed E-state index contributed by atoms with van der Waals surface area (Å²) in [7, 11) is 1.55. The Hall–Kier alpha value is -2.74. The monoisotopic (exact) mass is 240 g/mol. The van der Waals surface area contributed by atoms with E-state index in [0.717, 1.165) is 0 Å². The van der Waals surface area contributed by atoms with E-state index in [4.69, 9.17) is 15.7 Å². The lowest BCUT2D eigenvalue weighted by Gasteiger charge is -2.12. The molecule has 1 heterocycles. The molecular formula is C13H12N4O. The zero-order valence-corrected chi connectivity index (χ0v) is 9.84. The first-order valence-electron chi connectivity index (χ1n) is 5.30. The molecule has 0 amide bonds. The predicted octanol–water partition coefficient (Wildman–Crippen LogP) is 2.29. The Bertz CT molecular complexity index is 604. The molecule has 2 rings (SSSR count). The van der Waals surface area contributed by atoms with Crippen LogP contribution < -0.4 is 15.8 Å². The van der Waals surface area contributed by atoms with Gasteiger partial charge in [-0.05, 0) is 18.2 Å². The van der Waals surface area contributed by atoms with Crippen LogP contribution >= 0.6 is 0 Å². The molecule has 90 valence electrons. The summed E-state index contributed by atoms with van der Waals surface area (Å²) in [5.41, 5.74) is 7.34. The summed E-state index contributed by atoms with van der Waals surface area (Å²) in [5.74, 6) is 1.15. The van der Waals surface area contributed by atoms with Crippen molar-refractivity contribution in [1.29, 1.82) is 5.26 Å². The molecule has 0 saturated carbocycles. The molecule has 0 aliphatic rings. The molecule has 0 aliphatic carbocycles. The number of hydrogen-bond donors (Lipinski definition) is 2. The normalized spacial score (nSPS) is 9.56. The Morgan fingerprint density at radius 2 is 2.22 bits per heavy atom. The van der Waals surface area contributed by atoms with Gasteiger partial charge in [0.25, 0.3) is 0 Å². The second-order valence-corrected chi connectivity index (χ2v) is 3.59. The van der Waals surface area contributed by atoms with Crippen LogP contribution in [0.4, 0.5) is 17.2 Å². The maximum atomic E-state index is 9.08. The Morgan fingerprint density at radius 3 is 2.89 bits per heavy atom. The summed E-state index contributed by atoms with van der Waals surface area (Å²) in [6.07, 6.45) is 1.60. The van der Waals surface area contributed by atoms with E-state index in [1.54, 1.807) is 43.6 Å². The van der Waals surface area contributed by atoms with E-state index >= 15 is 0 Å². The highest BCUT2D eigenvalue weighted by Crippen LogP contribution is 2.30. The smallest absolute Gasteiger partial charge is 0.143 e. The molecule has 0 spiro atoms. The summed E-state index contributed by atoms with van der Waals surface area (Å²) in [5, 5.41) is 12.1. The minimum atomic E-state index is 0.485. The van der Waals surface area contributed by atoms with E-state index in [0.29, 0.717) is 28.5 Å². The van der Waals surface area contributed by atoms with Crippen molar-refractivity contribution in [2.24, 2.45) is 0 Å². The number of anilines is 3. The van der Waals surface area contributed by atoms with Crippen molar-refractivity contribution in [3.05, 3.63) is 42.1 Å². The van der Waals surface area contributed by atoms with Crippen LogP contribution in [0.15, 0.2) is 36.5 Å². The molecule has 5 nitrogen and oxygen atoms in total. The average Bonchev–Trinajstić information content (AvgIpc) is 2.39. The lowest BCUT2D eigenvalue weighted by molar-refractivity contribution is 0.416. The Labute approximate surface area is 105 Å². The molecule has 0 radical (unpaired) electrons. The number of nitrogens with two attached hydrogens (primary N) is 1. The molecule has 0 bridgehead atoms. The molecule has 0 fully saturated rings. The van der Waals surface area contributed by atoms with E-state index in [1.165, 1.54) is 0 Å². The highest BCUT2D eigenvalue weighted by Gasteiger charge is 2.09. The van der Waals surface area contributed by atoms with Crippen molar-refractivity contribution in [1.82, 2.24) is 4.98 Å².